The van der Waals surface area contributed by atoms with Gasteiger partial charge in [-0.2, -0.15) is 0 Å². The first-order valence-electron chi connectivity index (χ1n) is 7.55. The summed E-state index contributed by atoms with van der Waals surface area (Å²) in [5, 5.41) is 7.07. The molecule has 4 nitrogen and oxygen atoms in total. The molecule has 4 N–H and O–H groups in total. The van der Waals surface area contributed by atoms with E-state index < -0.39 is 0 Å². The number of amides is 1. The summed E-state index contributed by atoms with van der Waals surface area (Å²) in [6.45, 7) is 3.32. The van der Waals surface area contributed by atoms with E-state index >= 15 is 0 Å². The standard InChI is InChI=1S/C16H25N3O/c1-12(10-14-7-3-2-4-9-18-14)19-15-8-5-6-13(11-15)16(17)20/h5-6,8,11-12,14,18-19H,2-4,7,9-10H2,1H3,(H2,17,20). The minimum atomic E-state index is -0.383. The zero-order chi connectivity index (χ0) is 14.4. The van der Waals surface area contributed by atoms with E-state index in [9.17, 15) is 4.79 Å². The van der Waals surface area contributed by atoms with Gasteiger partial charge in [-0.05, 0) is 50.9 Å². The Morgan fingerprint density at radius 2 is 2.30 bits per heavy atom. The Kier molecular flexibility index (Phi) is 5.41. The highest BCUT2D eigenvalue weighted by atomic mass is 16.1. The molecule has 1 fully saturated rings. The molecule has 110 valence electrons. The van der Waals surface area contributed by atoms with Crippen molar-refractivity contribution < 1.29 is 4.79 Å². The maximum Gasteiger partial charge on any atom is 0.248 e. The van der Waals surface area contributed by atoms with Crippen molar-refractivity contribution in [2.45, 2.75) is 51.1 Å². The Morgan fingerprint density at radius 1 is 1.45 bits per heavy atom. The quantitative estimate of drug-likeness (QED) is 0.773. The van der Waals surface area contributed by atoms with Crippen LogP contribution in [0.3, 0.4) is 0 Å². The second kappa shape index (κ2) is 7.29. The van der Waals surface area contributed by atoms with Crippen LogP contribution in [0, 0.1) is 0 Å². The number of anilines is 1. The second-order valence-corrected chi connectivity index (χ2v) is 5.73. The normalized spacial score (nSPS) is 20.9. The summed E-state index contributed by atoms with van der Waals surface area (Å²) in [5.74, 6) is -0.383. The van der Waals surface area contributed by atoms with Crippen molar-refractivity contribution in [3.63, 3.8) is 0 Å². The molecule has 1 aliphatic rings. The fraction of sp³-hybridized carbons (Fsp3) is 0.562. The molecule has 1 aromatic carbocycles. The molecular formula is C16H25N3O. The summed E-state index contributed by atoms with van der Waals surface area (Å²) in [7, 11) is 0. The van der Waals surface area contributed by atoms with Crippen LogP contribution in [0.2, 0.25) is 0 Å². The maximum absolute atomic E-state index is 11.2. The zero-order valence-electron chi connectivity index (χ0n) is 12.2. The molecule has 0 radical (unpaired) electrons. The Labute approximate surface area is 121 Å². The van der Waals surface area contributed by atoms with E-state index in [0.717, 1.165) is 18.7 Å². The number of carbonyl (C=O) groups is 1. The molecule has 0 aliphatic carbocycles. The van der Waals surface area contributed by atoms with Gasteiger partial charge in [0.05, 0.1) is 0 Å². The molecule has 0 spiro atoms. The van der Waals surface area contributed by atoms with E-state index in [2.05, 4.69) is 17.6 Å². The minimum absolute atomic E-state index is 0.369. The Balaban J connectivity index is 1.88. The van der Waals surface area contributed by atoms with Crippen LogP contribution in [0.1, 0.15) is 49.4 Å². The van der Waals surface area contributed by atoms with Gasteiger partial charge in [0.15, 0.2) is 0 Å². The lowest BCUT2D eigenvalue weighted by Crippen LogP contribution is -2.33. The minimum Gasteiger partial charge on any atom is -0.383 e. The third kappa shape index (κ3) is 4.53. The van der Waals surface area contributed by atoms with Gasteiger partial charge in [0.1, 0.15) is 0 Å². The van der Waals surface area contributed by atoms with Crippen molar-refractivity contribution in [2.75, 3.05) is 11.9 Å². The van der Waals surface area contributed by atoms with Gasteiger partial charge in [-0.15, -0.1) is 0 Å². The van der Waals surface area contributed by atoms with E-state index in [1.807, 2.05) is 18.2 Å². The van der Waals surface area contributed by atoms with E-state index in [1.54, 1.807) is 6.07 Å². The van der Waals surface area contributed by atoms with E-state index in [1.165, 1.54) is 25.7 Å². The zero-order valence-corrected chi connectivity index (χ0v) is 12.2. The first-order valence-corrected chi connectivity index (χ1v) is 7.55. The molecule has 0 saturated carbocycles. The van der Waals surface area contributed by atoms with E-state index in [0.29, 0.717) is 17.6 Å². The fourth-order valence-corrected chi connectivity index (χ4v) is 2.83. The van der Waals surface area contributed by atoms with Crippen molar-refractivity contribution in [3.05, 3.63) is 29.8 Å². The van der Waals surface area contributed by atoms with Crippen LogP contribution in [0.5, 0.6) is 0 Å². The van der Waals surface area contributed by atoms with Crippen LogP contribution in [0.4, 0.5) is 5.69 Å². The highest BCUT2D eigenvalue weighted by Gasteiger charge is 2.15. The van der Waals surface area contributed by atoms with Gasteiger partial charge in [-0.3, -0.25) is 4.79 Å². The largest absolute Gasteiger partial charge is 0.383 e. The van der Waals surface area contributed by atoms with Crippen molar-refractivity contribution in [1.29, 1.82) is 0 Å². The van der Waals surface area contributed by atoms with Gasteiger partial charge in [-0.1, -0.05) is 18.9 Å². The van der Waals surface area contributed by atoms with Crippen molar-refractivity contribution in [2.24, 2.45) is 5.73 Å². The topological polar surface area (TPSA) is 67.2 Å². The molecule has 1 heterocycles. The first-order chi connectivity index (χ1) is 9.65. The summed E-state index contributed by atoms with van der Waals surface area (Å²) in [6, 6.07) is 8.36. The molecule has 1 saturated heterocycles. The molecule has 1 amide bonds. The van der Waals surface area contributed by atoms with E-state index in [4.69, 9.17) is 5.73 Å². The average molecular weight is 275 g/mol. The smallest absolute Gasteiger partial charge is 0.248 e. The highest BCUT2D eigenvalue weighted by Crippen LogP contribution is 2.16. The molecule has 4 heteroatoms. The lowest BCUT2D eigenvalue weighted by Gasteiger charge is -2.22. The lowest BCUT2D eigenvalue weighted by molar-refractivity contribution is 0.100. The summed E-state index contributed by atoms with van der Waals surface area (Å²) in [5.41, 5.74) is 6.81. The van der Waals surface area contributed by atoms with Crippen LogP contribution in [-0.4, -0.2) is 24.5 Å². The van der Waals surface area contributed by atoms with Gasteiger partial charge >= 0.3 is 0 Å². The van der Waals surface area contributed by atoms with Crippen LogP contribution < -0.4 is 16.4 Å². The molecule has 2 unspecified atom stereocenters. The number of carbonyl (C=O) groups excluding carboxylic acids is 1. The number of nitrogens with one attached hydrogen (secondary N) is 2. The monoisotopic (exact) mass is 275 g/mol. The van der Waals surface area contributed by atoms with Gasteiger partial charge < -0.3 is 16.4 Å². The molecule has 1 aliphatic heterocycles. The number of hydrogen-bond acceptors (Lipinski definition) is 3. The Bertz CT molecular complexity index is 439. The van der Waals surface area contributed by atoms with Crippen molar-refractivity contribution >= 4 is 11.6 Å². The van der Waals surface area contributed by atoms with Crippen molar-refractivity contribution in [1.82, 2.24) is 5.32 Å². The first kappa shape index (κ1) is 14.9. The third-order valence-corrected chi connectivity index (χ3v) is 3.86. The number of hydrogen-bond donors (Lipinski definition) is 3. The maximum atomic E-state index is 11.2. The van der Waals surface area contributed by atoms with Crippen LogP contribution in [0.25, 0.3) is 0 Å². The number of nitrogens with two attached hydrogens (primary N) is 1. The SMILES string of the molecule is CC(CC1CCCCCN1)Nc1cccc(C(N)=O)c1. The number of primary amides is 1. The molecule has 2 rings (SSSR count). The number of rotatable bonds is 5. The fourth-order valence-electron chi connectivity index (χ4n) is 2.83. The lowest BCUT2D eigenvalue weighted by atomic mass is 10.0. The van der Waals surface area contributed by atoms with Crippen LogP contribution >= 0.6 is 0 Å². The third-order valence-electron chi connectivity index (χ3n) is 3.86. The van der Waals surface area contributed by atoms with Crippen molar-refractivity contribution in [3.8, 4) is 0 Å². The van der Waals surface area contributed by atoms with E-state index in [-0.39, 0.29) is 5.91 Å². The molecule has 0 aromatic heterocycles. The Morgan fingerprint density at radius 3 is 3.10 bits per heavy atom. The van der Waals surface area contributed by atoms with Crippen LogP contribution in [-0.2, 0) is 0 Å². The molecular weight excluding hydrogens is 250 g/mol. The highest BCUT2D eigenvalue weighted by molar-refractivity contribution is 5.93. The summed E-state index contributed by atoms with van der Waals surface area (Å²) in [4.78, 5) is 11.2. The second-order valence-electron chi connectivity index (χ2n) is 5.73. The predicted octanol–water partition coefficient (Wildman–Crippen LogP) is 2.51. The molecule has 2 atom stereocenters. The summed E-state index contributed by atoms with van der Waals surface area (Å²) in [6.07, 6.45) is 6.31. The average Bonchev–Trinajstić information content (AvgIpc) is 2.67. The number of benzene rings is 1. The molecule has 1 aromatic rings. The van der Waals surface area contributed by atoms with Gasteiger partial charge in [0.25, 0.3) is 0 Å². The van der Waals surface area contributed by atoms with Gasteiger partial charge in [0, 0.05) is 23.3 Å². The summed E-state index contributed by atoms with van der Waals surface area (Å²) >= 11 is 0. The Hall–Kier alpha value is -1.55. The molecule has 0 bridgehead atoms. The van der Waals surface area contributed by atoms with Gasteiger partial charge in [-0.25, -0.2) is 0 Å². The molecule has 20 heavy (non-hydrogen) atoms. The van der Waals surface area contributed by atoms with Gasteiger partial charge in [0.2, 0.25) is 5.91 Å². The predicted molar refractivity (Wildman–Crippen MR) is 82.9 cm³/mol. The summed E-state index contributed by atoms with van der Waals surface area (Å²) < 4.78 is 0. The van der Waals surface area contributed by atoms with Crippen LogP contribution in [0.15, 0.2) is 24.3 Å².